The quantitative estimate of drug-likeness (QED) is 0.777. The Morgan fingerprint density at radius 3 is 3.20 bits per heavy atom. The number of carbonyl (C=O) groups excluding carboxylic acids is 1. The number of carbonyl (C=O) groups is 1. The van der Waals surface area contributed by atoms with E-state index in [2.05, 4.69) is 31.3 Å². The van der Waals surface area contributed by atoms with Crippen LogP contribution in [0, 0.1) is 0 Å². The molecule has 0 aliphatic rings. The minimum atomic E-state index is -0.307. The van der Waals surface area contributed by atoms with Crippen molar-refractivity contribution in [2.45, 2.75) is 6.42 Å². The number of aromatic nitrogens is 4. The predicted octanol–water partition coefficient (Wildman–Crippen LogP) is 0.234. The normalized spacial score (nSPS) is 10.1. The zero-order valence-electron chi connectivity index (χ0n) is 7.80. The minimum absolute atomic E-state index is 0.0697. The van der Waals surface area contributed by atoms with Gasteiger partial charge >= 0.3 is 0 Å². The summed E-state index contributed by atoms with van der Waals surface area (Å²) in [5.74, 6) is -0.237. The average molecular weight is 223 g/mol. The van der Waals surface area contributed by atoms with Crippen molar-refractivity contribution in [3.63, 3.8) is 0 Å². The number of amides is 1. The molecule has 0 bridgehead atoms. The largest absolute Gasteiger partial charge is 0.349 e. The van der Waals surface area contributed by atoms with Crippen LogP contribution in [0.5, 0.6) is 0 Å². The molecule has 0 atom stereocenters. The molecule has 2 rings (SSSR count). The number of aromatic amines is 1. The van der Waals surface area contributed by atoms with Crippen LogP contribution in [0.25, 0.3) is 0 Å². The predicted molar refractivity (Wildman–Crippen MR) is 54.5 cm³/mol. The molecule has 0 aliphatic heterocycles. The standard InChI is InChI=1S/C8H9N5OS/c14-8(7-10-12-13-11-7)9-3-1-6-2-4-15-5-6/h2,4-5H,1,3H2,(H,9,14)(H,10,11,12,13). The van der Waals surface area contributed by atoms with Crippen LogP contribution < -0.4 is 5.32 Å². The van der Waals surface area contributed by atoms with Crippen molar-refractivity contribution in [3.05, 3.63) is 28.2 Å². The highest BCUT2D eigenvalue weighted by Crippen LogP contribution is 2.05. The summed E-state index contributed by atoms with van der Waals surface area (Å²) in [6, 6.07) is 2.03. The third-order valence-corrected chi connectivity index (χ3v) is 2.56. The van der Waals surface area contributed by atoms with Gasteiger partial charge in [-0.15, -0.1) is 10.2 Å². The number of tetrazole rings is 1. The summed E-state index contributed by atoms with van der Waals surface area (Å²) in [5, 5.41) is 19.5. The second kappa shape index (κ2) is 4.65. The Morgan fingerprint density at radius 2 is 2.53 bits per heavy atom. The fraction of sp³-hybridized carbons (Fsp3) is 0.250. The Morgan fingerprint density at radius 1 is 1.60 bits per heavy atom. The molecule has 0 aliphatic carbocycles. The van der Waals surface area contributed by atoms with Crippen molar-refractivity contribution in [1.29, 1.82) is 0 Å². The van der Waals surface area contributed by atoms with Gasteiger partial charge in [-0.3, -0.25) is 4.79 Å². The van der Waals surface area contributed by atoms with Gasteiger partial charge in [0.2, 0.25) is 0 Å². The molecule has 0 fully saturated rings. The van der Waals surface area contributed by atoms with E-state index in [1.54, 1.807) is 11.3 Å². The van der Waals surface area contributed by atoms with Gasteiger partial charge in [-0.2, -0.15) is 16.6 Å². The number of H-pyrrole nitrogens is 1. The van der Waals surface area contributed by atoms with Gasteiger partial charge in [0.15, 0.2) is 0 Å². The van der Waals surface area contributed by atoms with Gasteiger partial charge in [0.05, 0.1) is 0 Å². The fourth-order valence-corrected chi connectivity index (χ4v) is 1.80. The first-order valence-electron chi connectivity index (χ1n) is 4.39. The summed E-state index contributed by atoms with van der Waals surface area (Å²) >= 11 is 1.64. The van der Waals surface area contributed by atoms with E-state index in [4.69, 9.17) is 0 Å². The average Bonchev–Trinajstić information content (AvgIpc) is 2.90. The number of hydrogen-bond acceptors (Lipinski definition) is 5. The highest BCUT2D eigenvalue weighted by atomic mass is 32.1. The smallest absolute Gasteiger partial charge is 0.292 e. The summed E-state index contributed by atoms with van der Waals surface area (Å²) in [6.07, 6.45) is 0.813. The summed E-state index contributed by atoms with van der Waals surface area (Å²) in [5.41, 5.74) is 1.22. The highest BCUT2D eigenvalue weighted by molar-refractivity contribution is 7.07. The second-order valence-electron chi connectivity index (χ2n) is 2.87. The maximum absolute atomic E-state index is 11.3. The third-order valence-electron chi connectivity index (χ3n) is 1.83. The van der Waals surface area contributed by atoms with E-state index in [-0.39, 0.29) is 11.7 Å². The number of nitrogens with zero attached hydrogens (tertiary/aromatic N) is 3. The lowest BCUT2D eigenvalue weighted by atomic mass is 10.2. The minimum Gasteiger partial charge on any atom is -0.349 e. The fourth-order valence-electron chi connectivity index (χ4n) is 1.09. The number of hydrogen-bond donors (Lipinski definition) is 2. The third kappa shape index (κ3) is 2.59. The zero-order chi connectivity index (χ0) is 10.5. The van der Waals surface area contributed by atoms with E-state index >= 15 is 0 Å². The summed E-state index contributed by atoms with van der Waals surface area (Å²) in [6.45, 7) is 0.574. The lowest BCUT2D eigenvalue weighted by Gasteiger charge is -1.99. The van der Waals surface area contributed by atoms with Crippen molar-refractivity contribution in [2.75, 3.05) is 6.54 Å². The van der Waals surface area contributed by atoms with Gasteiger partial charge in [0.1, 0.15) is 0 Å². The Bertz CT molecular complexity index is 410. The van der Waals surface area contributed by atoms with Gasteiger partial charge in [-0.05, 0) is 34.0 Å². The molecule has 78 valence electrons. The van der Waals surface area contributed by atoms with Crippen molar-refractivity contribution in [2.24, 2.45) is 0 Å². The maximum Gasteiger partial charge on any atom is 0.292 e. The van der Waals surface area contributed by atoms with Gasteiger partial charge in [0.25, 0.3) is 11.7 Å². The van der Waals surface area contributed by atoms with Crippen LogP contribution in [0.3, 0.4) is 0 Å². The van der Waals surface area contributed by atoms with Crippen molar-refractivity contribution >= 4 is 17.2 Å². The van der Waals surface area contributed by atoms with E-state index in [0.29, 0.717) is 6.54 Å². The second-order valence-corrected chi connectivity index (χ2v) is 3.65. The summed E-state index contributed by atoms with van der Waals surface area (Å²) in [4.78, 5) is 11.3. The van der Waals surface area contributed by atoms with E-state index in [0.717, 1.165) is 6.42 Å². The molecular formula is C8H9N5OS. The van der Waals surface area contributed by atoms with Gasteiger partial charge < -0.3 is 5.32 Å². The molecule has 0 spiro atoms. The molecule has 0 saturated heterocycles. The molecule has 2 aromatic rings. The van der Waals surface area contributed by atoms with Crippen molar-refractivity contribution in [3.8, 4) is 0 Å². The number of thiophene rings is 1. The zero-order valence-corrected chi connectivity index (χ0v) is 8.62. The van der Waals surface area contributed by atoms with Crippen molar-refractivity contribution < 1.29 is 4.79 Å². The highest BCUT2D eigenvalue weighted by Gasteiger charge is 2.08. The Kier molecular flexibility index (Phi) is 3.03. The van der Waals surface area contributed by atoms with Crippen LogP contribution in [0.1, 0.15) is 16.2 Å². The van der Waals surface area contributed by atoms with Crippen LogP contribution in [-0.4, -0.2) is 33.1 Å². The van der Waals surface area contributed by atoms with Gasteiger partial charge in [-0.1, -0.05) is 0 Å². The first-order chi connectivity index (χ1) is 7.36. The Labute approximate surface area is 89.7 Å². The van der Waals surface area contributed by atoms with Crippen LogP contribution in [0.4, 0.5) is 0 Å². The van der Waals surface area contributed by atoms with Gasteiger partial charge in [-0.25, -0.2) is 0 Å². The first kappa shape index (κ1) is 9.78. The van der Waals surface area contributed by atoms with E-state index in [9.17, 15) is 4.79 Å². The lowest BCUT2D eigenvalue weighted by molar-refractivity contribution is 0.0944. The molecular weight excluding hydrogens is 214 g/mol. The maximum atomic E-state index is 11.3. The molecule has 15 heavy (non-hydrogen) atoms. The van der Waals surface area contributed by atoms with Crippen LogP contribution in [-0.2, 0) is 6.42 Å². The SMILES string of the molecule is O=C(NCCc1ccsc1)c1nn[nH]n1. The number of rotatable bonds is 4. The lowest BCUT2D eigenvalue weighted by Crippen LogP contribution is -2.26. The molecule has 6 nitrogen and oxygen atoms in total. The Balaban J connectivity index is 1.77. The van der Waals surface area contributed by atoms with E-state index < -0.39 is 0 Å². The van der Waals surface area contributed by atoms with Crippen molar-refractivity contribution in [1.82, 2.24) is 25.9 Å². The molecule has 2 heterocycles. The number of nitrogens with one attached hydrogen (secondary N) is 2. The molecule has 0 radical (unpaired) electrons. The Hall–Kier alpha value is -1.76. The van der Waals surface area contributed by atoms with E-state index in [1.165, 1.54) is 5.56 Å². The van der Waals surface area contributed by atoms with E-state index in [1.807, 2.05) is 11.4 Å². The molecule has 0 aromatic carbocycles. The first-order valence-corrected chi connectivity index (χ1v) is 5.33. The van der Waals surface area contributed by atoms with Crippen LogP contribution >= 0.6 is 11.3 Å². The molecule has 2 N–H and O–H groups in total. The van der Waals surface area contributed by atoms with Crippen LogP contribution in [0.15, 0.2) is 16.8 Å². The summed E-state index contributed by atoms with van der Waals surface area (Å²) in [7, 11) is 0. The molecule has 1 amide bonds. The molecule has 0 unspecified atom stereocenters. The molecule has 0 saturated carbocycles. The molecule has 2 aromatic heterocycles. The monoisotopic (exact) mass is 223 g/mol. The topological polar surface area (TPSA) is 83.6 Å². The molecule has 7 heteroatoms. The summed E-state index contributed by atoms with van der Waals surface area (Å²) < 4.78 is 0. The van der Waals surface area contributed by atoms with Gasteiger partial charge in [0, 0.05) is 6.54 Å². The van der Waals surface area contributed by atoms with Crippen LogP contribution in [0.2, 0.25) is 0 Å².